The van der Waals surface area contributed by atoms with Crippen LogP contribution in [0.3, 0.4) is 0 Å². The highest BCUT2D eigenvalue weighted by Crippen LogP contribution is 2.29. The molecular weight excluding hydrogens is 240 g/mol. The Hall–Kier alpha value is -1.19. The summed E-state index contributed by atoms with van der Waals surface area (Å²) in [6.45, 7) is 2.02. The van der Waals surface area contributed by atoms with E-state index in [1.165, 1.54) is 36.0 Å². The van der Waals surface area contributed by atoms with Crippen LogP contribution in [0.15, 0.2) is 23.6 Å². The van der Waals surface area contributed by atoms with Crippen LogP contribution in [0.5, 0.6) is 0 Å². The summed E-state index contributed by atoms with van der Waals surface area (Å²) in [5.74, 6) is 0. The number of nitrogens with zero attached hydrogens (tertiary/aromatic N) is 1. The molecular formula is C15H18N2S. The number of fused-ring (bicyclic) bond motifs is 1. The fourth-order valence-corrected chi connectivity index (χ4v) is 3.40. The van der Waals surface area contributed by atoms with Crippen LogP contribution in [-0.4, -0.2) is 11.0 Å². The second-order valence-electron chi connectivity index (χ2n) is 5.16. The number of rotatable bonds is 3. The Kier molecular flexibility index (Phi) is 3.18. The maximum absolute atomic E-state index is 5.81. The lowest BCUT2D eigenvalue weighted by atomic mass is 10.1. The van der Waals surface area contributed by atoms with E-state index in [1.807, 2.05) is 6.92 Å². The molecule has 3 rings (SSSR count). The highest BCUT2D eigenvalue weighted by molar-refractivity contribution is 7.13. The first-order chi connectivity index (χ1) is 8.72. The Balaban J connectivity index is 1.88. The van der Waals surface area contributed by atoms with Gasteiger partial charge in [-0.25, -0.2) is 4.98 Å². The minimum atomic E-state index is 0.181. The van der Waals surface area contributed by atoms with Gasteiger partial charge in [0.25, 0.3) is 0 Å². The van der Waals surface area contributed by atoms with Crippen molar-refractivity contribution in [3.63, 3.8) is 0 Å². The first-order valence-corrected chi connectivity index (χ1v) is 7.42. The van der Waals surface area contributed by atoms with Gasteiger partial charge < -0.3 is 5.73 Å². The quantitative estimate of drug-likeness (QED) is 0.918. The second-order valence-corrected chi connectivity index (χ2v) is 6.02. The zero-order valence-electron chi connectivity index (χ0n) is 10.6. The third kappa shape index (κ3) is 2.33. The molecule has 2 aromatic rings. The number of nitrogens with two attached hydrogens (primary N) is 1. The highest BCUT2D eigenvalue weighted by atomic mass is 32.1. The summed E-state index contributed by atoms with van der Waals surface area (Å²) >= 11 is 1.72. The van der Waals surface area contributed by atoms with Gasteiger partial charge in [0.2, 0.25) is 0 Å². The molecule has 0 spiro atoms. The average Bonchev–Trinajstić information content (AvgIpc) is 2.95. The minimum Gasteiger partial charge on any atom is -0.328 e. The van der Waals surface area contributed by atoms with Gasteiger partial charge in [-0.05, 0) is 43.4 Å². The van der Waals surface area contributed by atoms with Crippen molar-refractivity contribution in [1.29, 1.82) is 0 Å². The fourth-order valence-electron chi connectivity index (χ4n) is 2.57. The van der Waals surface area contributed by atoms with Crippen molar-refractivity contribution in [3.8, 4) is 10.6 Å². The average molecular weight is 258 g/mol. The predicted octanol–water partition coefficient (Wildman–Crippen LogP) is 3.19. The summed E-state index contributed by atoms with van der Waals surface area (Å²) in [6.07, 6.45) is 4.62. The molecule has 0 radical (unpaired) electrons. The third-order valence-electron chi connectivity index (χ3n) is 3.43. The summed E-state index contributed by atoms with van der Waals surface area (Å²) in [4.78, 5) is 4.68. The van der Waals surface area contributed by atoms with Crippen molar-refractivity contribution in [3.05, 3.63) is 40.4 Å². The van der Waals surface area contributed by atoms with Crippen molar-refractivity contribution in [2.75, 3.05) is 0 Å². The van der Waals surface area contributed by atoms with Crippen molar-refractivity contribution < 1.29 is 0 Å². The van der Waals surface area contributed by atoms with E-state index in [-0.39, 0.29) is 6.04 Å². The van der Waals surface area contributed by atoms with E-state index in [4.69, 9.17) is 5.73 Å². The molecule has 94 valence electrons. The number of aromatic nitrogens is 1. The molecule has 0 aliphatic heterocycles. The topological polar surface area (TPSA) is 38.9 Å². The van der Waals surface area contributed by atoms with E-state index < -0.39 is 0 Å². The summed E-state index contributed by atoms with van der Waals surface area (Å²) in [5.41, 5.74) is 11.2. The molecule has 2 nitrogen and oxygen atoms in total. The Labute approximate surface area is 112 Å². The Bertz CT molecular complexity index is 557. The van der Waals surface area contributed by atoms with Crippen LogP contribution in [0, 0.1) is 0 Å². The normalized spacial score (nSPS) is 15.7. The van der Waals surface area contributed by atoms with Crippen LogP contribution < -0.4 is 5.73 Å². The van der Waals surface area contributed by atoms with Gasteiger partial charge >= 0.3 is 0 Å². The Morgan fingerprint density at radius 3 is 3.00 bits per heavy atom. The van der Waals surface area contributed by atoms with E-state index >= 15 is 0 Å². The molecule has 0 fully saturated rings. The highest BCUT2D eigenvalue weighted by Gasteiger charge is 2.13. The maximum atomic E-state index is 5.81. The molecule has 2 N–H and O–H groups in total. The zero-order valence-corrected chi connectivity index (χ0v) is 11.5. The molecule has 1 aliphatic carbocycles. The van der Waals surface area contributed by atoms with Crippen LogP contribution >= 0.6 is 11.3 Å². The van der Waals surface area contributed by atoms with E-state index in [0.29, 0.717) is 0 Å². The molecule has 1 aromatic carbocycles. The third-order valence-corrected chi connectivity index (χ3v) is 4.37. The molecule has 3 heteroatoms. The van der Waals surface area contributed by atoms with E-state index in [1.54, 1.807) is 11.3 Å². The first kappa shape index (κ1) is 11.9. The summed E-state index contributed by atoms with van der Waals surface area (Å²) in [7, 11) is 0. The van der Waals surface area contributed by atoms with Gasteiger partial charge in [-0.15, -0.1) is 11.3 Å². The van der Waals surface area contributed by atoms with E-state index in [9.17, 15) is 0 Å². The van der Waals surface area contributed by atoms with Gasteiger partial charge in [-0.1, -0.05) is 12.1 Å². The minimum absolute atomic E-state index is 0.181. The summed E-state index contributed by atoms with van der Waals surface area (Å²) < 4.78 is 0. The largest absolute Gasteiger partial charge is 0.328 e. The second kappa shape index (κ2) is 4.82. The van der Waals surface area contributed by atoms with Crippen LogP contribution in [0.2, 0.25) is 0 Å². The molecule has 0 bridgehead atoms. The molecule has 1 atom stereocenters. The van der Waals surface area contributed by atoms with Gasteiger partial charge in [-0.3, -0.25) is 0 Å². The molecule has 0 amide bonds. The van der Waals surface area contributed by atoms with Crippen LogP contribution in [0.4, 0.5) is 0 Å². The molecule has 1 aliphatic rings. The van der Waals surface area contributed by atoms with Crippen LogP contribution in [-0.2, 0) is 19.3 Å². The number of hydrogen-bond acceptors (Lipinski definition) is 3. The molecule has 1 unspecified atom stereocenters. The lowest BCUT2D eigenvalue weighted by Crippen LogP contribution is -2.17. The lowest BCUT2D eigenvalue weighted by molar-refractivity contribution is 0.726. The van der Waals surface area contributed by atoms with Gasteiger partial charge in [0.05, 0.1) is 5.69 Å². The maximum Gasteiger partial charge on any atom is 0.123 e. The lowest BCUT2D eigenvalue weighted by Gasteiger charge is -2.02. The van der Waals surface area contributed by atoms with Gasteiger partial charge in [0.15, 0.2) is 0 Å². The van der Waals surface area contributed by atoms with Crippen molar-refractivity contribution >= 4 is 11.3 Å². The molecule has 0 saturated heterocycles. The Morgan fingerprint density at radius 2 is 2.17 bits per heavy atom. The van der Waals surface area contributed by atoms with Gasteiger partial charge in [0, 0.05) is 23.4 Å². The molecule has 1 aromatic heterocycles. The van der Waals surface area contributed by atoms with Crippen molar-refractivity contribution in [1.82, 2.24) is 4.98 Å². The standard InChI is InChI=1S/C15H18N2S/c1-10(16)7-14-9-18-15(17-14)13-6-5-11-3-2-4-12(11)8-13/h5-6,8-10H,2-4,7,16H2,1H3. The number of aryl methyl sites for hydroxylation is 2. The monoisotopic (exact) mass is 258 g/mol. The summed E-state index contributed by atoms with van der Waals surface area (Å²) in [5, 5.41) is 3.26. The number of hydrogen-bond donors (Lipinski definition) is 1. The smallest absolute Gasteiger partial charge is 0.123 e. The zero-order chi connectivity index (χ0) is 12.5. The van der Waals surface area contributed by atoms with Crippen LogP contribution in [0.25, 0.3) is 10.6 Å². The van der Waals surface area contributed by atoms with Crippen molar-refractivity contribution in [2.24, 2.45) is 5.73 Å². The number of benzene rings is 1. The number of thiazole rings is 1. The Morgan fingerprint density at radius 1 is 1.33 bits per heavy atom. The van der Waals surface area contributed by atoms with E-state index in [2.05, 4.69) is 28.6 Å². The van der Waals surface area contributed by atoms with E-state index in [0.717, 1.165) is 17.1 Å². The van der Waals surface area contributed by atoms with Gasteiger partial charge in [-0.2, -0.15) is 0 Å². The van der Waals surface area contributed by atoms with Gasteiger partial charge in [0.1, 0.15) is 5.01 Å². The molecule has 18 heavy (non-hydrogen) atoms. The SMILES string of the molecule is CC(N)Cc1csc(-c2ccc3c(c2)CCC3)n1. The summed E-state index contributed by atoms with van der Waals surface area (Å²) in [6, 6.07) is 6.97. The van der Waals surface area contributed by atoms with Crippen molar-refractivity contribution in [2.45, 2.75) is 38.6 Å². The van der Waals surface area contributed by atoms with Crippen LogP contribution in [0.1, 0.15) is 30.2 Å². The fraction of sp³-hybridized carbons (Fsp3) is 0.400. The molecule has 1 heterocycles. The predicted molar refractivity (Wildman–Crippen MR) is 76.9 cm³/mol. The molecule has 0 saturated carbocycles. The first-order valence-electron chi connectivity index (χ1n) is 6.54.